The predicted molar refractivity (Wildman–Crippen MR) is 86.8 cm³/mol. The molecule has 0 bridgehead atoms. The van der Waals surface area contributed by atoms with E-state index in [1.807, 2.05) is 12.1 Å². The van der Waals surface area contributed by atoms with Gasteiger partial charge in [-0.25, -0.2) is 4.79 Å². The van der Waals surface area contributed by atoms with Crippen LogP contribution in [0.15, 0.2) is 42.5 Å². The van der Waals surface area contributed by atoms with Gasteiger partial charge in [-0.1, -0.05) is 23.7 Å². The van der Waals surface area contributed by atoms with Crippen molar-refractivity contribution < 1.29 is 23.7 Å². The second-order valence-corrected chi connectivity index (χ2v) is 4.89. The maximum atomic E-state index is 11.7. The number of benzene rings is 2. The van der Waals surface area contributed by atoms with E-state index in [0.29, 0.717) is 27.8 Å². The number of para-hydroxylation sites is 1. The first-order chi connectivity index (χ1) is 11.2. The fourth-order valence-electron chi connectivity index (χ4n) is 1.89. The lowest BCUT2D eigenvalue weighted by atomic mass is 10.2. The average Bonchev–Trinajstić information content (AvgIpc) is 2.59. The molecule has 0 aliphatic rings. The van der Waals surface area contributed by atoms with Gasteiger partial charge in [-0.05, 0) is 24.3 Å². The largest absolute Gasteiger partial charge is 0.497 e. The van der Waals surface area contributed by atoms with E-state index in [1.165, 1.54) is 14.2 Å². The van der Waals surface area contributed by atoms with Gasteiger partial charge < -0.3 is 18.9 Å². The molecular formula is C17H17ClO5. The molecule has 23 heavy (non-hydrogen) atoms. The van der Waals surface area contributed by atoms with Crippen LogP contribution in [0.3, 0.4) is 0 Å². The molecule has 6 heteroatoms. The van der Waals surface area contributed by atoms with Crippen LogP contribution in [0.5, 0.6) is 17.2 Å². The maximum Gasteiger partial charge on any atom is 0.341 e. The van der Waals surface area contributed by atoms with E-state index in [0.717, 1.165) is 0 Å². The summed E-state index contributed by atoms with van der Waals surface area (Å²) in [6.45, 7) is 0.518. The van der Waals surface area contributed by atoms with Crippen molar-refractivity contribution in [2.24, 2.45) is 0 Å². The lowest BCUT2D eigenvalue weighted by Crippen LogP contribution is -2.12. The third-order valence-electron chi connectivity index (χ3n) is 3.03. The third kappa shape index (κ3) is 4.53. The van der Waals surface area contributed by atoms with Crippen LogP contribution >= 0.6 is 11.6 Å². The quantitative estimate of drug-likeness (QED) is 0.571. The summed E-state index contributed by atoms with van der Waals surface area (Å²) < 4.78 is 21.0. The molecule has 0 heterocycles. The molecule has 0 aliphatic heterocycles. The van der Waals surface area contributed by atoms with Gasteiger partial charge in [0.05, 0.1) is 19.2 Å². The number of methoxy groups -OCH3 is 2. The van der Waals surface area contributed by atoms with Gasteiger partial charge in [0, 0.05) is 6.07 Å². The van der Waals surface area contributed by atoms with E-state index in [9.17, 15) is 4.79 Å². The van der Waals surface area contributed by atoms with Crippen molar-refractivity contribution in [2.45, 2.75) is 0 Å². The van der Waals surface area contributed by atoms with Crippen molar-refractivity contribution in [2.75, 3.05) is 27.4 Å². The van der Waals surface area contributed by atoms with E-state index in [4.69, 9.17) is 30.5 Å². The fraction of sp³-hybridized carbons (Fsp3) is 0.235. The second-order valence-electron chi connectivity index (χ2n) is 4.48. The Bertz CT molecular complexity index is 672. The molecule has 2 rings (SSSR count). The Morgan fingerprint density at radius 1 is 1.00 bits per heavy atom. The molecule has 0 amide bonds. The SMILES string of the molecule is COC(=O)c1ccc(OC)cc1OCCOc1ccccc1Cl. The minimum Gasteiger partial charge on any atom is -0.497 e. The number of hydrogen-bond acceptors (Lipinski definition) is 5. The number of rotatable bonds is 7. The minimum absolute atomic E-state index is 0.238. The van der Waals surface area contributed by atoms with E-state index < -0.39 is 5.97 Å². The summed E-state index contributed by atoms with van der Waals surface area (Å²) in [7, 11) is 2.86. The van der Waals surface area contributed by atoms with Gasteiger partial charge in [0.2, 0.25) is 0 Å². The van der Waals surface area contributed by atoms with Crippen LogP contribution in [0, 0.1) is 0 Å². The monoisotopic (exact) mass is 336 g/mol. The van der Waals surface area contributed by atoms with Crippen LogP contribution in [-0.2, 0) is 4.74 Å². The zero-order valence-corrected chi connectivity index (χ0v) is 13.6. The van der Waals surface area contributed by atoms with E-state index in [-0.39, 0.29) is 13.2 Å². The van der Waals surface area contributed by atoms with Crippen molar-refractivity contribution in [1.82, 2.24) is 0 Å². The molecule has 2 aromatic rings. The van der Waals surface area contributed by atoms with Gasteiger partial charge in [-0.3, -0.25) is 0 Å². The number of esters is 1. The van der Waals surface area contributed by atoms with Crippen molar-refractivity contribution in [3.05, 3.63) is 53.1 Å². The van der Waals surface area contributed by atoms with Gasteiger partial charge in [0.15, 0.2) is 0 Å². The third-order valence-corrected chi connectivity index (χ3v) is 3.34. The highest BCUT2D eigenvalue weighted by atomic mass is 35.5. The van der Waals surface area contributed by atoms with Crippen molar-refractivity contribution in [3.8, 4) is 17.2 Å². The van der Waals surface area contributed by atoms with E-state index in [2.05, 4.69) is 0 Å². The highest BCUT2D eigenvalue weighted by molar-refractivity contribution is 6.32. The molecule has 0 fully saturated rings. The van der Waals surface area contributed by atoms with Crippen LogP contribution in [0.4, 0.5) is 0 Å². The summed E-state index contributed by atoms with van der Waals surface area (Å²) in [6.07, 6.45) is 0. The lowest BCUT2D eigenvalue weighted by Gasteiger charge is -2.13. The Morgan fingerprint density at radius 3 is 2.35 bits per heavy atom. The summed E-state index contributed by atoms with van der Waals surface area (Å²) >= 11 is 6.00. The standard InChI is InChI=1S/C17H17ClO5/c1-20-12-7-8-13(17(19)21-2)16(11-12)23-10-9-22-15-6-4-3-5-14(15)18/h3-8,11H,9-10H2,1-2H3. The molecule has 0 saturated heterocycles. The molecule has 0 radical (unpaired) electrons. The normalized spacial score (nSPS) is 10.0. The number of hydrogen-bond donors (Lipinski definition) is 0. The molecule has 0 aromatic heterocycles. The lowest BCUT2D eigenvalue weighted by molar-refractivity contribution is 0.0595. The number of ether oxygens (including phenoxy) is 4. The summed E-state index contributed by atoms with van der Waals surface area (Å²) in [6, 6.07) is 12.1. The number of carbonyl (C=O) groups excluding carboxylic acids is 1. The zero-order valence-electron chi connectivity index (χ0n) is 12.9. The molecule has 5 nitrogen and oxygen atoms in total. The van der Waals surface area contributed by atoms with Crippen molar-refractivity contribution >= 4 is 17.6 Å². The smallest absolute Gasteiger partial charge is 0.341 e. The molecule has 0 N–H and O–H groups in total. The topological polar surface area (TPSA) is 54.0 Å². The average molecular weight is 337 g/mol. The Morgan fingerprint density at radius 2 is 1.70 bits per heavy atom. The Hall–Kier alpha value is -2.40. The second kappa shape index (κ2) is 8.29. The zero-order chi connectivity index (χ0) is 16.7. The van der Waals surface area contributed by atoms with Crippen LogP contribution in [0.25, 0.3) is 0 Å². The van der Waals surface area contributed by atoms with Crippen LogP contribution in [0.1, 0.15) is 10.4 Å². The fourth-order valence-corrected chi connectivity index (χ4v) is 2.08. The van der Waals surface area contributed by atoms with Gasteiger partial charge in [0.25, 0.3) is 0 Å². The summed E-state index contributed by atoms with van der Waals surface area (Å²) in [4.78, 5) is 11.7. The maximum absolute atomic E-state index is 11.7. The van der Waals surface area contributed by atoms with Gasteiger partial charge in [-0.15, -0.1) is 0 Å². The Labute approximate surface area is 139 Å². The first-order valence-corrected chi connectivity index (χ1v) is 7.30. The highest BCUT2D eigenvalue weighted by Crippen LogP contribution is 2.26. The van der Waals surface area contributed by atoms with Crippen LogP contribution in [-0.4, -0.2) is 33.4 Å². The summed E-state index contributed by atoms with van der Waals surface area (Å²) in [5.41, 5.74) is 0.325. The van der Waals surface area contributed by atoms with E-state index in [1.54, 1.807) is 30.3 Å². The summed E-state index contributed by atoms with van der Waals surface area (Å²) in [5, 5.41) is 0.532. The number of carbonyl (C=O) groups is 1. The molecule has 2 aromatic carbocycles. The molecule has 0 saturated carbocycles. The summed E-state index contributed by atoms with van der Waals surface area (Å²) in [5.74, 6) is 1.06. The van der Waals surface area contributed by atoms with Crippen molar-refractivity contribution in [3.63, 3.8) is 0 Å². The van der Waals surface area contributed by atoms with Gasteiger partial charge in [0.1, 0.15) is 36.0 Å². The molecule has 0 spiro atoms. The predicted octanol–water partition coefficient (Wildman–Crippen LogP) is 3.59. The first kappa shape index (κ1) is 17.0. The number of halogens is 1. The first-order valence-electron chi connectivity index (χ1n) is 6.92. The van der Waals surface area contributed by atoms with Crippen molar-refractivity contribution in [1.29, 1.82) is 0 Å². The van der Waals surface area contributed by atoms with Crippen LogP contribution in [0.2, 0.25) is 5.02 Å². The molecular weight excluding hydrogens is 320 g/mol. The molecule has 0 unspecified atom stereocenters. The Kier molecular flexibility index (Phi) is 6.11. The molecule has 122 valence electrons. The molecule has 0 aliphatic carbocycles. The van der Waals surface area contributed by atoms with E-state index >= 15 is 0 Å². The van der Waals surface area contributed by atoms with Gasteiger partial charge in [-0.2, -0.15) is 0 Å². The minimum atomic E-state index is -0.477. The van der Waals surface area contributed by atoms with Gasteiger partial charge >= 0.3 is 5.97 Å². The Balaban J connectivity index is 1.99. The van der Waals surface area contributed by atoms with Crippen LogP contribution < -0.4 is 14.2 Å². The molecule has 0 atom stereocenters. The highest BCUT2D eigenvalue weighted by Gasteiger charge is 2.14.